The second-order valence-electron chi connectivity index (χ2n) is 5.32. The summed E-state index contributed by atoms with van der Waals surface area (Å²) in [4.78, 5) is 0.166. The van der Waals surface area contributed by atoms with Gasteiger partial charge in [0.2, 0.25) is 10.0 Å². The van der Waals surface area contributed by atoms with E-state index in [0.717, 1.165) is 25.7 Å². The summed E-state index contributed by atoms with van der Waals surface area (Å²) in [6.45, 7) is 2.57. The highest BCUT2D eigenvalue weighted by Crippen LogP contribution is 2.28. The minimum absolute atomic E-state index is 0.166. The van der Waals surface area contributed by atoms with Gasteiger partial charge in [0.1, 0.15) is 16.4 Å². The smallest absolute Gasteiger partial charge is 0.244 e. The Hall–Kier alpha value is -1.85. The van der Waals surface area contributed by atoms with E-state index in [-0.39, 0.29) is 4.90 Å². The molecule has 0 unspecified atom stereocenters. The molecular formula is C18H23NO3S. The van der Waals surface area contributed by atoms with E-state index in [1.54, 1.807) is 36.4 Å². The van der Waals surface area contributed by atoms with Gasteiger partial charge in [0, 0.05) is 6.54 Å². The Morgan fingerprint density at radius 2 is 1.61 bits per heavy atom. The largest absolute Gasteiger partial charge is 0.456 e. The zero-order chi connectivity index (χ0) is 16.5. The van der Waals surface area contributed by atoms with Gasteiger partial charge < -0.3 is 4.74 Å². The number of rotatable bonds is 9. The summed E-state index contributed by atoms with van der Waals surface area (Å²) < 4.78 is 33.3. The molecule has 0 radical (unpaired) electrons. The van der Waals surface area contributed by atoms with Gasteiger partial charge in [-0.1, -0.05) is 56.5 Å². The van der Waals surface area contributed by atoms with E-state index < -0.39 is 10.0 Å². The van der Waals surface area contributed by atoms with Crippen LogP contribution in [0.5, 0.6) is 11.5 Å². The minimum atomic E-state index is -3.57. The highest BCUT2D eigenvalue weighted by Gasteiger charge is 2.19. The van der Waals surface area contributed by atoms with E-state index >= 15 is 0 Å². The summed E-state index contributed by atoms with van der Waals surface area (Å²) in [5, 5.41) is 0. The number of nitrogens with one attached hydrogen (secondary N) is 1. The fraction of sp³-hybridized carbons (Fsp3) is 0.333. The van der Waals surface area contributed by atoms with Gasteiger partial charge in [0.05, 0.1) is 0 Å². The van der Waals surface area contributed by atoms with Crippen LogP contribution in [0.1, 0.15) is 32.6 Å². The molecule has 0 amide bonds. The summed E-state index contributed by atoms with van der Waals surface area (Å²) in [5.74, 6) is 0.942. The van der Waals surface area contributed by atoms with Crippen molar-refractivity contribution >= 4 is 10.0 Å². The van der Waals surface area contributed by atoms with Gasteiger partial charge in [-0.3, -0.25) is 0 Å². The average Bonchev–Trinajstić information content (AvgIpc) is 2.56. The quantitative estimate of drug-likeness (QED) is 0.695. The fourth-order valence-corrected chi connectivity index (χ4v) is 3.41. The molecule has 0 saturated carbocycles. The van der Waals surface area contributed by atoms with Crippen molar-refractivity contribution in [3.8, 4) is 11.5 Å². The Morgan fingerprint density at radius 1 is 0.913 bits per heavy atom. The second-order valence-corrected chi connectivity index (χ2v) is 7.06. The lowest BCUT2D eigenvalue weighted by atomic mass is 10.2. The van der Waals surface area contributed by atoms with Gasteiger partial charge in [0.15, 0.2) is 0 Å². The molecule has 23 heavy (non-hydrogen) atoms. The van der Waals surface area contributed by atoms with Crippen LogP contribution in [0, 0.1) is 0 Å². The second kappa shape index (κ2) is 8.70. The van der Waals surface area contributed by atoms with Gasteiger partial charge in [-0.05, 0) is 30.7 Å². The Bertz CT molecular complexity index is 699. The van der Waals surface area contributed by atoms with E-state index in [0.29, 0.717) is 18.0 Å². The third-order valence-electron chi connectivity index (χ3n) is 3.43. The van der Waals surface area contributed by atoms with Gasteiger partial charge in [0.25, 0.3) is 0 Å². The molecule has 0 atom stereocenters. The SMILES string of the molecule is CCCCCCNS(=O)(=O)c1ccccc1Oc1ccccc1. The first-order chi connectivity index (χ1) is 11.1. The third-order valence-corrected chi connectivity index (χ3v) is 4.93. The van der Waals surface area contributed by atoms with Crippen molar-refractivity contribution in [2.45, 2.75) is 37.5 Å². The van der Waals surface area contributed by atoms with E-state index in [9.17, 15) is 8.42 Å². The van der Waals surface area contributed by atoms with E-state index in [4.69, 9.17) is 4.74 Å². The number of ether oxygens (including phenoxy) is 1. The first-order valence-electron chi connectivity index (χ1n) is 7.95. The molecular weight excluding hydrogens is 310 g/mol. The maximum Gasteiger partial charge on any atom is 0.244 e. The number of hydrogen-bond acceptors (Lipinski definition) is 3. The summed E-state index contributed by atoms with van der Waals surface area (Å²) >= 11 is 0. The molecule has 0 aliphatic rings. The van der Waals surface area contributed by atoms with Crippen LogP contribution in [-0.4, -0.2) is 15.0 Å². The molecule has 124 valence electrons. The lowest BCUT2D eigenvalue weighted by molar-refractivity contribution is 0.466. The van der Waals surface area contributed by atoms with Crippen LogP contribution in [0.4, 0.5) is 0 Å². The Kier molecular flexibility index (Phi) is 6.62. The first-order valence-corrected chi connectivity index (χ1v) is 9.43. The number of benzene rings is 2. The molecule has 0 spiro atoms. The average molecular weight is 333 g/mol. The fourth-order valence-electron chi connectivity index (χ4n) is 2.21. The number of unbranched alkanes of at least 4 members (excludes halogenated alkanes) is 3. The van der Waals surface area contributed by atoms with Crippen molar-refractivity contribution < 1.29 is 13.2 Å². The maximum atomic E-state index is 12.5. The van der Waals surface area contributed by atoms with Crippen molar-refractivity contribution in [3.05, 3.63) is 54.6 Å². The van der Waals surface area contributed by atoms with Crippen molar-refractivity contribution in [2.75, 3.05) is 6.54 Å². The Morgan fingerprint density at radius 3 is 2.35 bits per heavy atom. The predicted molar refractivity (Wildman–Crippen MR) is 92.3 cm³/mol. The van der Waals surface area contributed by atoms with Crippen LogP contribution < -0.4 is 9.46 Å². The highest BCUT2D eigenvalue weighted by atomic mass is 32.2. The van der Waals surface area contributed by atoms with Crippen molar-refractivity contribution in [3.63, 3.8) is 0 Å². The molecule has 0 aliphatic heterocycles. The van der Waals surface area contributed by atoms with E-state index in [1.165, 1.54) is 0 Å². The molecule has 1 N–H and O–H groups in total. The molecule has 0 fully saturated rings. The van der Waals surface area contributed by atoms with Crippen LogP contribution >= 0.6 is 0 Å². The van der Waals surface area contributed by atoms with Crippen LogP contribution in [0.2, 0.25) is 0 Å². The predicted octanol–water partition coefficient (Wildman–Crippen LogP) is 4.34. The molecule has 4 nitrogen and oxygen atoms in total. The van der Waals surface area contributed by atoms with Crippen LogP contribution in [0.25, 0.3) is 0 Å². The normalized spacial score (nSPS) is 11.3. The number of sulfonamides is 1. The Labute approximate surface area is 138 Å². The number of para-hydroxylation sites is 2. The molecule has 5 heteroatoms. The standard InChI is InChI=1S/C18H23NO3S/c1-2-3-4-10-15-19-23(20,21)18-14-9-8-13-17(18)22-16-11-6-5-7-12-16/h5-9,11-14,19H,2-4,10,15H2,1H3. The van der Waals surface area contributed by atoms with E-state index in [1.807, 2.05) is 18.2 Å². The lowest BCUT2D eigenvalue weighted by Gasteiger charge is -2.12. The van der Waals surface area contributed by atoms with Gasteiger partial charge in [-0.25, -0.2) is 13.1 Å². The summed E-state index contributed by atoms with van der Waals surface area (Å²) in [7, 11) is -3.57. The molecule has 0 heterocycles. The molecule has 2 rings (SSSR count). The van der Waals surface area contributed by atoms with Crippen molar-refractivity contribution in [1.82, 2.24) is 4.72 Å². The molecule has 0 bridgehead atoms. The van der Waals surface area contributed by atoms with Gasteiger partial charge in [-0.15, -0.1) is 0 Å². The molecule has 0 saturated heterocycles. The third kappa shape index (κ3) is 5.37. The van der Waals surface area contributed by atoms with Crippen LogP contribution in [0.15, 0.2) is 59.5 Å². The number of hydrogen-bond donors (Lipinski definition) is 1. The monoisotopic (exact) mass is 333 g/mol. The van der Waals surface area contributed by atoms with Crippen molar-refractivity contribution in [2.24, 2.45) is 0 Å². The zero-order valence-electron chi connectivity index (χ0n) is 13.4. The molecule has 0 aliphatic carbocycles. The minimum Gasteiger partial charge on any atom is -0.456 e. The topological polar surface area (TPSA) is 55.4 Å². The van der Waals surface area contributed by atoms with Gasteiger partial charge in [-0.2, -0.15) is 0 Å². The zero-order valence-corrected chi connectivity index (χ0v) is 14.2. The van der Waals surface area contributed by atoms with Crippen molar-refractivity contribution in [1.29, 1.82) is 0 Å². The Balaban J connectivity index is 2.09. The highest BCUT2D eigenvalue weighted by molar-refractivity contribution is 7.89. The molecule has 2 aromatic rings. The first kappa shape index (κ1) is 17.5. The molecule has 2 aromatic carbocycles. The van der Waals surface area contributed by atoms with Crippen LogP contribution in [0.3, 0.4) is 0 Å². The maximum absolute atomic E-state index is 12.5. The lowest BCUT2D eigenvalue weighted by Crippen LogP contribution is -2.25. The molecule has 0 aromatic heterocycles. The van der Waals surface area contributed by atoms with E-state index in [2.05, 4.69) is 11.6 Å². The summed E-state index contributed by atoms with van der Waals surface area (Å²) in [6, 6.07) is 15.8. The van der Waals surface area contributed by atoms with Crippen LogP contribution in [-0.2, 0) is 10.0 Å². The van der Waals surface area contributed by atoms with Gasteiger partial charge >= 0.3 is 0 Å². The summed E-state index contributed by atoms with van der Waals surface area (Å²) in [6.07, 6.45) is 4.12. The summed E-state index contributed by atoms with van der Waals surface area (Å²) in [5.41, 5.74) is 0.